The van der Waals surface area contributed by atoms with Gasteiger partial charge < -0.3 is 0 Å². The van der Waals surface area contributed by atoms with E-state index in [1.54, 1.807) is 6.20 Å². The minimum atomic E-state index is 0.508. The summed E-state index contributed by atoms with van der Waals surface area (Å²) in [6.45, 7) is 6.60. The van der Waals surface area contributed by atoms with Crippen LogP contribution in [0, 0.1) is 17.2 Å². The van der Waals surface area contributed by atoms with Crippen molar-refractivity contribution in [2.45, 2.75) is 20.8 Å². The standard InChI is InChI=1S/C13H17N3S/c1-9(2)10(3)5-7-16-11-8-15-6-4-12(11)17-13(16)14/h4-10,14H,1-3H3/b7-5-,14-13?. The second-order valence-corrected chi connectivity index (χ2v) is 5.60. The van der Waals surface area contributed by atoms with Crippen LogP contribution in [0.3, 0.4) is 0 Å². The number of allylic oxidation sites excluding steroid dienone is 1. The van der Waals surface area contributed by atoms with Crippen LogP contribution in [0.5, 0.6) is 0 Å². The Kier molecular flexibility index (Phi) is 3.43. The van der Waals surface area contributed by atoms with E-state index in [9.17, 15) is 0 Å². The van der Waals surface area contributed by atoms with E-state index in [4.69, 9.17) is 5.41 Å². The number of thiazole rings is 1. The van der Waals surface area contributed by atoms with E-state index in [-0.39, 0.29) is 0 Å². The molecular formula is C13H17N3S. The van der Waals surface area contributed by atoms with Gasteiger partial charge in [0.15, 0.2) is 4.80 Å². The molecule has 1 unspecified atom stereocenters. The van der Waals surface area contributed by atoms with Gasteiger partial charge in [0.25, 0.3) is 0 Å². The SMILES string of the molecule is CC(C)C(C)/C=C\n1c(=N)sc2ccncc21. The van der Waals surface area contributed by atoms with Crippen LogP contribution in [-0.2, 0) is 0 Å². The molecule has 0 aromatic carbocycles. The quantitative estimate of drug-likeness (QED) is 0.888. The Labute approximate surface area is 105 Å². The molecule has 1 N–H and O–H groups in total. The van der Waals surface area contributed by atoms with E-state index in [0.29, 0.717) is 16.6 Å². The Morgan fingerprint density at radius 1 is 1.41 bits per heavy atom. The molecule has 0 saturated heterocycles. The number of hydrogen-bond acceptors (Lipinski definition) is 3. The minimum absolute atomic E-state index is 0.508. The zero-order chi connectivity index (χ0) is 12.4. The third-order valence-electron chi connectivity index (χ3n) is 3.04. The van der Waals surface area contributed by atoms with Gasteiger partial charge >= 0.3 is 0 Å². The molecule has 3 nitrogen and oxygen atoms in total. The van der Waals surface area contributed by atoms with Crippen LogP contribution in [0.25, 0.3) is 16.4 Å². The maximum absolute atomic E-state index is 7.95. The molecular weight excluding hydrogens is 230 g/mol. The van der Waals surface area contributed by atoms with Gasteiger partial charge in [-0.3, -0.25) is 15.0 Å². The summed E-state index contributed by atoms with van der Waals surface area (Å²) in [6, 6.07) is 1.95. The molecule has 2 aromatic heterocycles. The van der Waals surface area contributed by atoms with Crippen LogP contribution in [0.1, 0.15) is 20.8 Å². The van der Waals surface area contributed by atoms with E-state index in [1.165, 1.54) is 11.3 Å². The van der Waals surface area contributed by atoms with E-state index in [1.807, 2.05) is 23.0 Å². The molecule has 90 valence electrons. The zero-order valence-electron chi connectivity index (χ0n) is 10.3. The van der Waals surface area contributed by atoms with Gasteiger partial charge in [-0.1, -0.05) is 38.2 Å². The van der Waals surface area contributed by atoms with Crippen LogP contribution in [-0.4, -0.2) is 9.55 Å². The highest BCUT2D eigenvalue weighted by atomic mass is 32.1. The summed E-state index contributed by atoms with van der Waals surface area (Å²) in [5.74, 6) is 1.12. The number of nitrogens with one attached hydrogen (secondary N) is 1. The molecule has 0 aliphatic carbocycles. The topological polar surface area (TPSA) is 41.7 Å². The molecule has 17 heavy (non-hydrogen) atoms. The molecule has 0 amide bonds. The largest absolute Gasteiger partial charge is 0.291 e. The molecule has 0 saturated carbocycles. The first-order chi connectivity index (χ1) is 8.09. The zero-order valence-corrected chi connectivity index (χ0v) is 11.2. The highest BCUT2D eigenvalue weighted by Crippen LogP contribution is 2.17. The number of aromatic nitrogens is 2. The number of nitrogens with zero attached hydrogens (tertiary/aromatic N) is 2. The number of rotatable bonds is 3. The maximum Gasteiger partial charge on any atom is 0.187 e. The van der Waals surface area contributed by atoms with Gasteiger partial charge in [-0.15, -0.1) is 0 Å². The lowest BCUT2D eigenvalue weighted by Gasteiger charge is -2.09. The van der Waals surface area contributed by atoms with Crippen molar-refractivity contribution in [2.75, 3.05) is 0 Å². The third kappa shape index (κ3) is 2.47. The summed E-state index contributed by atoms with van der Waals surface area (Å²) in [5.41, 5.74) is 1.01. The highest BCUT2D eigenvalue weighted by molar-refractivity contribution is 7.16. The highest BCUT2D eigenvalue weighted by Gasteiger charge is 2.04. The molecule has 0 bridgehead atoms. The summed E-state index contributed by atoms with van der Waals surface area (Å²) in [4.78, 5) is 4.66. The van der Waals surface area contributed by atoms with Crippen molar-refractivity contribution in [1.29, 1.82) is 5.41 Å². The normalized spacial score (nSPS) is 13.9. The fourth-order valence-corrected chi connectivity index (χ4v) is 2.35. The maximum atomic E-state index is 7.95. The van der Waals surface area contributed by atoms with Gasteiger partial charge in [0.05, 0.1) is 16.4 Å². The molecule has 2 rings (SSSR count). The van der Waals surface area contributed by atoms with Gasteiger partial charge in [0, 0.05) is 12.4 Å². The lowest BCUT2D eigenvalue weighted by atomic mass is 9.98. The van der Waals surface area contributed by atoms with Gasteiger partial charge in [0.1, 0.15) is 0 Å². The predicted octanol–water partition coefficient (Wildman–Crippen LogP) is 3.34. The number of pyridine rings is 1. The Morgan fingerprint density at radius 2 is 2.18 bits per heavy atom. The first kappa shape index (κ1) is 12.0. The van der Waals surface area contributed by atoms with Crippen LogP contribution < -0.4 is 4.80 Å². The molecule has 0 fully saturated rings. The molecule has 0 aliphatic rings. The van der Waals surface area contributed by atoms with E-state index >= 15 is 0 Å². The molecule has 1 atom stereocenters. The summed E-state index contributed by atoms with van der Waals surface area (Å²) < 4.78 is 3.00. The van der Waals surface area contributed by atoms with Crippen molar-refractivity contribution in [3.8, 4) is 0 Å². The lowest BCUT2D eigenvalue weighted by molar-refractivity contribution is 0.505. The Hall–Kier alpha value is -1.42. The molecule has 2 heterocycles. The molecule has 0 radical (unpaired) electrons. The van der Waals surface area contributed by atoms with Crippen LogP contribution in [0.15, 0.2) is 24.5 Å². The minimum Gasteiger partial charge on any atom is -0.291 e. The van der Waals surface area contributed by atoms with E-state index in [0.717, 1.165) is 10.2 Å². The van der Waals surface area contributed by atoms with Crippen molar-refractivity contribution in [1.82, 2.24) is 9.55 Å². The lowest BCUT2D eigenvalue weighted by Crippen LogP contribution is -2.07. The van der Waals surface area contributed by atoms with Crippen LogP contribution in [0.2, 0.25) is 0 Å². The van der Waals surface area contributed by atoms with Gasteiger partial charge in [-0.2, -0.15) is 0 Å². The smallest absolute Gasteiger partial charge is 0.187 e. The Bertz CT molecular complexity index is 592. The van der Waals surface area contributed by atoms with Crippen molar-refractivity contribution < 1.29 is 0 Å². The van der Waals surface area contributed by atoms with Crippen molar-refractivity contribution in [3.05, 3.63) is 29.3 Å². The summed E-state index contributed by atoms with van der Waals surface area (Å²) in [5, 5.41) is 7.95. The average Bonchev–Trinajstić information content (AvgIpc) is 2.61. The third-order valence-corrected chi connectivity index (χ3v) is 3.99. The molecule has 0 spiro atoms. The monoisotopic (exact) mass is 247 g/mol. The molecule has 0 aliphatic heterocycles. The summed E-state index contributed by atoms with van der Waals surface area (Å²) in [7, 11) is 0. The number of fused-ring (bicyclic) bond motifs is 1. The second kappa shape index (κ2) is 4.84. The van der Waals surface area contributed by atoms with Crippen molar-refractivity contribution in [2.24, 2.45) is 11.8 Å². The fourth-order valence-electron chi connectivity index (χ4n) is 1.50. The van der Waals surface area contributed by atoms with E-state index in [2.05, 4.69) is 31.8 Å². The Balaban J connectivity index is 2.42. The Morgan fingerprint density at radius 3 is 2.88 bits per heavy atom. The van der Waals surface area contributed by atoms with Gasteiger partial charge in [-0.25, -0.2) is 0 Å². The van der Waals surface area contributed by atoms with Gasteiger partial charge in [-0.05, 0) is 17.9 Å². The van der Waals surface area contributed by atoms with Crippen molar-refractivity contribution in [3.63, 3.8) is 0 Å². The first-order valence-electron chi connectivity index (χ1n) is 5.77. The summed E-state index contributed by atoms with van der Waals surface area (Å²) >= 11 is 1.48. The van der Waals surface area contributed by atoms with Crippen molar-refractivity contribution >= 4 is 27.8 Å². The van der Waals surface area contributed by atoms with E-state index < -0.39 is 0 Å². The second-order valence-electron chi connectivity index (χ2n) is 4.57. The number of hydrogen-bond donors (Lipinski definition) is 1. The van der Waals surface area contributed by atoms with Gasteiger partial charge in [0.2, 0.25) is 0 Å². The van der Waals surface area contributed by atoms with Crippen LogP contribution in [0.4, 0.5) is 0 Å². The summed E-state index contributed by atoms with van der Waals surface area (Å²) in [6.07, 6.45) is 7.73. The fraction of sp³-hybridized carbons (Fsp3) is 0.385. The predicted molar refractivity (Wildman–Crippen MR) is 72.8 cm³/mol. The molecule has 4 heteroatoms. The first-order valence-corrected chi connectivity index (χ1v) is 6.59. The molecule has 2 aromatic rings. The average molecular weight is 247 g/mol. The van der Waals surface area contributed by atoms with Crippen LogP contribution >= 0.6 is 11.3 Å².